The number of halogens is 1. The van der Waals surface area contributed by atoms with Crippen LogP contribution >= 0.6 is 15.9 Å². The summed E-state index contributed by atoms with van der Waals surface area (Å²) in [7, 11) is 0. The maximum atomic E-state index is 11.7. The summed E-state index contributed by atoms with van der Waals surface area (Å²) in [5.74, 6) is 0.679. The Morgan fingerprint density at radius 1 is 1.02 bits per heavy atom. The third-order valence-electron chi connectivity index (χ3n) is 10.9. The Labute approximate surface area is 286 Å². The first-order valence-electron chi connectivity index (χ1n) is 17.3. The molecule has 1 heterocycles. The van der Waals surface area contributed by atoms with Crippen molar-refractivity contribution in [2.75, 3.05) is 0 Å². The van der Waals surface area contributed by atoms with Gasteiger partial charge in [0, 0.05) is 9.89 Å². The minimum absolute atomic E-state index is 0.0454. The van der Waals surface area contributed by atoms with Crippen LogP contribution in [0.3, 0.4) is 0 Å². The molecule has 2 saturated carbocycles. The molecular formula is C39H57BrN4O2. The summed E-state index contributed by atoms with van der Waals surface area (Å²) in [6.45, 7) is 18.3. The minimum atomic E-state index is -0.653. The van der Waals surface area contributed by atoms with Gasteiger partial charge in [0.25, 0.3) is 0 Å². The van der Waals surface area contributed by atoms with Crippen LogP contribution in [0.25, 0.3) is 5.69 Å². The second kappa shape index (κ2) is 15.6. The third kappa shape index (κ3) is 9.09. The summed E-state index contributed by atoms with van der Waals surface area (Å²) in [5, 5.41) is 25.0. The topological polar surface area (TPSA) is 72.5 Å². The number of allylic oxidation sites excluding steroid dienone is 6. The van der Waals surface area contributed by atoms with E-state index < -0.39 is 5.60 Å². The Bertz CT molecular complexity index is 1450. The second-order valence-corrected chi connectivity index (χ2v) is 16.1. The molecule has 1 aromatic heterocycles. The van der Waals surface area contributed by atoms with Gasteiger partial charge in [-0.05, 0) is 134 Å². The Balaban J connectivity index is 1.35. The zero-order valence-electron chi connectivity index (χ0n) is 29.6. The molecule has 0 bridgehead atoms. The first-order chi connectivity index (χ1) is 21.7. The van der Waals surface area contributed by atoms with Gasteiger partial charge >= 0.3 is 0 Å². The first kappa shape index (κ1) is 36.3. The lowest BCUT2D eigenvalue weighted by Crippen LogP contribution is -2.59. The van der Waals surface area contributed by atoms with Crippen LogP contribution in [0.1, 0.15) is 125 Å². The number of aromatic nitrogens is 3. The summed E-state index contributed by atoms with van der Waals surface area (Å²) >= 11 is 3.52. The molecule has 0 saturated heterocycles. The van der Waals surface area contributed by atoms with Gasteiger partial charge in [0.2, 0.25) is 0 Å². The minimum Gasteiger partial charge on any atom is -0.390 e. The largest absolute Gasteiger partial charge is 0.390 e. The van der Waals surface area contributed by atoms with Crippen molar-refractivity contribution in [3.63, 3.8) is 0 Å². The van der Waals surface area contributed by atoms with E-state index in [2.05, 4.69) is 99.9 Å². The molecule has 46 heavy (non-hydrogen) atoms. The summed E-state index contributed by atoms with van der Waals surface area (Å²) < 4.78 is 2.75. The van der Waals surface area contributed by atoms with E-state index in [4.69, 9.17) is 9.99 Å². The lowest BCUT2D eigenvalue weighted by atomic mass is 9.44. The van der Waals surface area contributed by atoms with Crippen LogP contribution in [0.2, 0.25) is 0 Å². The SMILES string of the molecule is CC(C)=CCC/C(C)=C/CC/C(C)=C/CC[C@@H]1[C@@]2(C)CC/C(=N\OCc3cn(-c4cccc(Br)c4)nn3)C(C)(C)[C@@H]2CC[C@@]1(C)O. The Morgan fingerprint density at radius 3 is 2.41 bits per heavy atom. The van der Waals surface area contributed by atoms with Crippen LogP contribution in [0, 0.1) is 22.7 Å². The standard InChI is InChI=1S/C39H57BrN4O2/c1-28(2)13-9-14-29(3)15-10-16-30(4)17-11-20-35-38(7)23-22-36(37(5,6)34(38)21-24-39(35,8)45)42-46-27-32-26-44(43-41-32)33-19-12-18-31(40)25-33/h12-13,15,17-19,25-26,34-35,45H,9-11,14,16,20-24,27H2,1-8H3/b29-15+,30-17+,42-36+/t34-,35+,38-,39+/m0/s1. The predicted molar refractivity (Wildman–Crippen MR) is 194 cm³/mol. The molecule has 1 N–H and O–H groups in total. The molecule has 4 atom stereocenters. The molecular weight excluding hydrogens is 636 g/mol. The third-order valence-corrected chi connectivity index (χ3v) is 11.4. The number of aliphatic hydroxyl groups is 1. The van der Waals surface area contributed by atoms with E-state index in [9.17, 15) is 5.11 Å². The van der Waals surface area contributed by atoms with Gasteiger partial charge in [-0.2, -0.15) is 0 Å². The quantitative estimate of drug-likeness (QED) is 0.167. The van der Waals surface area contributed by atoms with Crippen molar-refractivity contribution in [1.82, 2.24) is 15.0 Å². The van der Waals surface area contributed by atoms with Crippen LogP contribution < -0.4 is 0 Å². The normalized spacial score (nSPS) is 27.4. The molecule has 4 rings (SSSR count). The molecule has 6 nitrogen and oxygen atoms in total. The van der Waals surface area contributed by atoms with E-state index in [0.717, 1.165) is 85.8 Å². The van der Waals surface area contributed by atoms with Crippen LogP contribution in [-0.4, -0.2) is 31.4 Å². The van der Waals surface area contributed by atoms with Gasteiger partial charge in [-0.3, -0.25) is 0 Å². The Morgan fingerprint density at radius 2 is 1.72 bits per heavy atom. The van der Waals surface area contributed by atoms with Gasteiger partial charge < -0.3 is 9.94 Å². The van der Waals surface area contributed by atoms with Crippen LogP contribution in [0.5, 0.6) is 0 Å². The summed E-state index contributed by atoms with van der Waals surface area (Å²) in [6, 6.07) is 7.96. The Kier molecular flexibility index (Phi) is 12.3. The fourth-order valence-corrected chi connectivity index (χ4v) is 8.65. The van der Waals surface area contributed by atoms with Crippen molar-refractivity contribution < 1.29 is 9.94 Å². The molecule has 0 amide bonds. The molecule has 7 heteroatoms. The Hall–Kier alpha value is -2.51. The van der Waals surface area contributed by atoms with Crippen LogP contribution in [-0.2, 0) is 11.4 Å². The van der Waals surface area contributed by atoms with Crippen molar-refractivity contribution in [1.29, 1.82) is 0 Å². The average molecular weight is 694 g/mol. The van der Waals surface area contributed by atoms with E-state index in [1.807, 2.05) is 30.5 Å². The lowest BCUT2D eigenvalue weighted by molar-refractivity contribution is -0.150. The molecule has 0 unspecified atom stereocenters. The highest BCUT2D eigenvalue weighted by atomic mass is 79.9. The number of fused-ring (bicyclic) bond motifs is 1. The monoisotopic (exact) mass is 692 g/mol. The van der Waals surface area contributed by atoms with Crippen molar-refractivity contribution >= 4 is 21.6 Å². The molecule has 2 fully saturated rings. The number of hydrogen-bond donors (Lipinski definition) is 1. The molecule has 0 radical (unpaired) electrons. The van der Waals surface area contributed by atoms with Crippen LogP contribution in [0.4, 0.5) is 0 Å². The highest BCUT2D eigenvalue weighted by Crippen LogP contribution is 2.62. The van der Waals surface area contributed by atoms with Gasteiger partial charge in [-0.25, -0.2) is 4.68 Å². The number of benzene rings is 1. The molecule has 252 valence electrons. The van der Waals surface area contributed by atoms with Crippen molar-refractivity contribution in [3.05, 3.63) is 75.6 Å². The van der Waals surface area contributed by atoms with E-state index in [1.54, 1.807) is 4.68 Å². The number of hydrogen-bond acceptors (Lipinski definition) is 5. The fourth-order valence-electron chi connectivity index (χ4n) is 8.26. The number of nitrogens with zero attached hydrogens (tertiary/aromatic N) is 4. The number of oxime groups is 1. The van der Waals surface area contributed by atoms with E-state index in [0.29, 0.717) is 5.92 Å². The highest BCUT2D eigenvalue weighted by Gasteiger charge is 2.59. The smallest absolute Gasteiger partial charge is 0.162 e. The van der Waals surface area contributed by atoms with Crippen molar-refractivity contribution in [3.8, 4) is 5.69 Å². The van der Waals surface area contributed by atoms with Gasteiger partial charge in [0.05, 0.1) is 23.2 Å². The van der Waals surface area contributed by atoms with Gasteiger partial charge in [0.1, 0.15) is 5.69 Å². The zero-order valence-corrected chi connectivity index (χ0v) is 31.2. The molecule has 0 spiro atoms. The maximum absolute atomic E-state index is 11.7. The van der Waals surface area contributed by atoms with E-state index >= 15 is 0 Å². The summed E-state index contributed by atoms with van der Waals surface area (Å²) in [5.41, 5.74) is 6.42. The molecule has 1 aromatic carbocycles. The van der Waals surface area contributed by atoms with Gasteiger partial charge in [-0.15, -0.1) is 5.10 Å². The van der Waals surface area contributed by atoms with E-state index in [-0.39, 0.29) is 23.4 Å². The van der Waals surface area contributed by atoms with Gasteiger partial charge in [-0.1, -0.05) is 88.1 Å². The number of rotatable bonds is 13. The molecule has 2 aliphatic carbocycles. The summed E-state index contributed by atoms with van der Waals surface area (Å²) in [4.78, 5) is 5.91. The average Bonchev–Trinajstić information content (AvgIpc) is 3.44. The highest BCUT2D eigenvalue weighted by molar-refractivity contribution is 9.10. The molecule has 2 aliphatic rings. The van der Waals surface area contributed by atoms with Gasteiger partial charge in [0.15, 0.2) is 6.61 Å². The molecule has 2 aromatic rings. The zero-order chi connectivity index (χ0) is 33.5. The second-order valence-electron chi connectivity index (χ2n) is 15.2. The summed E-state index contributed by atoms with van der Waals surface area (Å²) in [6.07, 6.45) is 19.3. The van der Waals surface area contributed by atoms with Crippen molar-refractivity contribution in [2.24, 2.45) is 27.8 Å². The lowest BCUT2D eigenvalue weighted by Gasteiger charge is -2.61. The maximum Gasteiger partial charge on any atom is 0.162 e. The van der Waals surface area contributed by atoms with Crippen LogP contribution in [0.15, 0.2) is 75.0 Å². The first-order valence-corrected chi connectivity index (χ1v) is 18.0. The van der Waals surface area contributed by atoms with E-state index in [1.165, 1.54) is 16.7 Å². The predicted octanol–water partition coefficient (Wildman–Crippen LogP) is 10.7. The fraction of sp³-hybridized carbons (Fsp3) is 0.615. The molecule has 0 aliphatic heterocycles. The van der Waals surface area contributed by atoms with Crippen molar-refractivity contribution in [2.45, 2.75) is 132 Å².